The number of nitrogens with zero attached hydrogens (tertiary/aromatic N) is 4. The fourth-order valence-corrected chi connectivity index (χ4v) is 3.87. The Morgan fingerprint density at radius 1 is 0.571 bits per heavy atom. The summed E-state index contributed by atoms with van der Waals surface area (Å²) in [7, 11) is 1.57. The number of aliphatic carboxylic acids is 4. The molecule has 0 bridgehead atoms. The van der Waals surface area contributed by atoms with Crippen molar-refractivity contribution < 1.29 is 105 Å². The topological polar surface area (TPSA) is 275 Å². The van der Waals surface area contributed by atoms with E-state index in [2.05, 4.69) is 5.32 Å². The molecule has 1 saturated heterocycles. The molecule has 0 aromatic rings. The summed E-state index contributed by atoms with van der Waals surface area (Å²) in [6, 6.07) is 0. The van der Waals surface area contributed by atoms with Crippen molar-refractivity contribution in [2.75, 3.05) is 98.7 Å². The molecule has 0 aromatic heterocycles. The number of carboxylic acids is 4. The Balaban J connectivity index is 0. The SMILES string of the molecule is CNC[C@H](O)[C@@H](O)[C@H](O)[C@H](O)CO.O=C(O)CN1CCN(CC(=O)O)CCN(CC(=O)O)CCN(CC(=O)O)CC1.[Gd+3]. The fraction of sp³-hybridized carbons (Fsp3) is 0.826. The zero-order valence-corrected chi connectivity index (χ0v) is 25.8. The second-order valence-corrected chi connectivity index (χ2v) is 9.54. The van der Waals surface area contributed by atoms with E-state index < -0.39 is 54.9 Å². The van der Waals surface area contributed by atoms with Gasteiger partial charge in [-0.25, -0.2) is 0 Å². The first-order chi connectivity index (χ1) is 19.2. The van der Waals surface area contributed by atoms with E-state index in [0.717, 1.165) is 0 Å². The van der Waals surface area contributed by atoms with Crippen LogP contribution in [0.5, 0.6) is 0 Å². The van der Waals surface area contributed by atoms with Crippen molar-refractivity contribution in [2.24, 2.45) is 0 Å². The van der Waals surface area contributed by atoms with Crippen LogP contribution in [0.15, 0.2) is 0 Å². The number of hydrogen-bond donors (Lipinski definition) is 10. The molecule has 10 N–H and O–H groups in total. The van der Waals surface area contributed by atoms with Gasteiger partial charge in [0.15, 0.2) is 0 Å². The summed E-state index contributed by atoms with van der Waals surface area (Å²) >= 11 is 0. The largest absolute Gasteiger partial charge is 3.00 e. The second-order valence-electron chi connectivity index (χ2n) is 9.54. The molecule has 1 fully saturated rings. The molecular weight excluding hydrogens is 712 g/mol. The molecule has 4 atom stereocenters. The quantitative estimate of drug-likeness (QED) is 0.0791. The minimum Gasteiger partial charge on any atom is -0.480 e. The normalized spacial score (nSPS) is 19.4. The molecule has 245 valence electrons. The van der Waals surface area contributed by atoms with Crippen molar-refractivity contribution in [1.82, 2.24) is 24.9 Å². The molecule has 1 radical (unpaired) electrons. The van der Waals surface area contributed by atoms with Gasteiger partial charge in [0.05, 0.1) is 38.9 Å². The number of carboxylic acid groups (broad SMARTS) is 4. The summed E-state index contributed by atoms with van der Waals surface area (Å²) < 4.78 is 0. The fourth-order valence-electron chi connectivity index (χ4n) is 3.87. The number of nitrogens with one attached hydrogen (secondary N) is 1. The van der Waals surface area contributed by atoms with Gasteiger partial charge in [-0.3, -0.25) is 38.8 Å². The van der Waals surface area contributed by atoms with E-state index in [-0.39, 0.29) is 72.7 Å². The third kappa shape index (κ3) is 20.7. The van der Waals surface area contributed by atoms with Gasteiger partial charge in [0.1, 0.15) is 18.3 Å². The minimum absolute atomic E-state index is 0. The molecular formula is C23H45GdN5O13+3. The zero-order chi connectivity index (χ0) is 31.5. The predicted molar refractivity (Wildman–Crippen MR) is 141 cm³/mol. The van der Waals surface area contributed by atoms with Crippen molar-refractivity contribution >= 4 is 23.9 Å². The standard InChI is InChI=1S/C16H28N4O8.C7H17NO5.Gd/c21-13(22)9-17-1-2-18(10-14(23)24)5-6-20(12-16(27)28)8-7-19(4-3-17)11-15(25)26;1-8-2-4(10)6(12)7(13)5(11)3-9;/h1-12H2,(H,21,22)(H,23,24)(H,25,26)(H,27,28);4-13H,2-3H2,1H3;/q;;+3/t;4-,5+,6+,7+;/m.0./s1. The zero-order valence-electron chi connectivity index (χ0n) is 23.5. The Hall–Kier alpha value is -1.20. The van der Waals surface area contributed by atoms with Gasteiger partial charge in [-0.05, 0) is 7.05 Å². The second kappa shape index (κ2) is 24.2. The van der Waals surface area contributed by atoms with Gasteiger partial charge in [0, 0.05) is 58.9 Å². The molecule has 1 aliphatic rings. The Bertz CT molecular complexity index is 688. The van der Waals surface area contributed by atoms with Crippen LogP contribution in [0.25, 0.3) is 0 Å². The molecule has 42 heavy (non-hydrogen) atoms. The molecule has 0 aliphatic carbocycles. The number of aliphatic hydroxyl groups excluding tert-OH is 5. The van der Waals surface area contributed by atoms with Crippen molar-refractivity contribution in [3.8, 4) is 0 Å². The molecule has 0 amide bonds. The first-order valence-electron chi connectivity index (χ1n) is 12.9. The summed E-state index contributed by atoms with van der Waals surface area (Å²) in [6.45, 7) is 0.954. The summed E-state index contributed by atoms with van der Waals surface area (Å²) in [5, 5.41) is 83.8. The van der Waals surface area contributed by atoms with Crippen LogP contribution in [0.1, 0.15) is 0 Å². The van der Waals surface area contributed by atoms with E-state index >= 15 is 0 Å². The summed E-state index contributed by atoms with van der Waals surface area (Å²) in [6.07, 6.45) is -5.65. The van der Waals surface area contributed by atoms with Crippen LogP contribution >= 0.6 is 0 Å². The maximum Gasteiger partial charge on any atom is 3.00 e. The first kappa shape index (κ1) is 42.9. The molecule has 1 aliphatic heterocycles. The van der Waals surface area contributed by atoms with Gasteiger partial charge < -0.3 is 51.3 Å². The van der Waals surface area contributed by atoms with Gasteiger partial charge in [0.25, 0.3) is 0 Å². The van der Waals surface area contributed by atoms with Crippen LogP contribution < -0.4 is 5.32 Å². The van der Waals surface area contributed by atoms with Crippen LogP contribution in [-0.2, 0) is 19.2 Å². The van der Waals surface area contributed by atoms with Crippen LogP contribution in [0.3, 0.4) is 0 Å². The third-order valence-electron chi connectivity index (χ3n) is 6.10. The van der Waals surface area contributed by atoms with Gasteiger partial charge in [-0.1, -0.05) is 0 Å². The molecule has 0 aromatic carbocycles. The average Bonchev–Trinajstić information content (AvgIpc) is 2.88. The van der Waals surface area contributed by atoms with Gasteiger partial charge >= 0.3 is 63.8 Å². The van der Waals surface area contributed by atoms with E-state index in [1.807, 2.05) is 0 Å². The van der Waals surface area contributed by atoms with E-state index in [1.54, 1.807) is 26.6 Å². The molecule has 18 nitrogen and oxygen atoms in total. The minimum atomic E-state index is -1.55. The number of carbonyl (C=O) groups is 4. The maximum absolute atomic E-state index is 11.1. The molecule has 0 unspecified atom stereocenters. The summed E-state index contributed by atoms with van der Waals surface area (Å²) in [5.74, 6) is -4.08. The summed E-state index contributed by atoms with van der Waals surface area (Å²) in [5.41, 5.74) is 0. The van der Waals surface area contributed by atoms with Crippen molar-refractivity contribution in [3.05, 3.63) is 0 Å². The molecule has 0 saturated carbocycles. The Morgan fingerprint density at radius 2 is 0.810 bits per heavy atom. The van der Waals surface area contributed by atoms with Crippen LogP contribution in [0.2, 0.25) is 0 Å². The number of hydrogen-bond acceptors (Lipinski definition) is 14. The van der Waals surface area contributed by atoms with Crippen LogP contribution in [0.4, 0.5) is 0 Å². The number of aliphatic hydroxyl groups is 5. The number of likely N-dealkylation sites (N-methyl/N-ethyl adjacent to an activating group) is 1. The van der Waals surface area contributed by atoms with Gasteiger partial charge in [0.2, 0.25) is 0 Å². The molecule has 0 spiro atoms. The average molecular weight is 757 g/mol. The smallest absolute Gasteiger partial charge is 0.480 e. The first-order valence-corrected chi connectivity index (χ1v) is 12.9. The van der Waals surface area contributed by atoms with E-state index in [4.69, 9.17) is 40.9 Å². The molecule has 19 heteroatoms. The predicted octanol–water partition coefficient (Wildman–Crippen LogP) is -5.81. The Morgan fingerprint density at radius 3 is 1.00 bits per heavy atom. The van der Waals surface area contributed by atoms with Crippen LogP contribution in [-0.4, -0.2) is 213 Å². The van der Waals surface area contributed by atoms with Crippen molar-refractivity contribution in [3.63, 3.8) is 0 Å². The monoisotopic (exact) mass is 757 g/mol. The van der Waals surface area contributed by atoms with E-state index in [9.17, 15) is 24.3 Å². The Labute approximate surface area is 275 Å². The maximum atomic E-state index is 11.1. The van der Waals surface area contributed by atoms with E-state index in [1.165, 1.54) is 0 Å². The molecule has 1 heterocycles. The van der Waals surface area contributed by atoms with Crippen molar-refractivity contribution in [2.45, 2.75) is 24.4 Å². The van der Waals surface area contributed by atoms with E-state index in [0.29, 0.717) is 52.4 Å². The molecule has 1 rings (SSSR count). The third-order valence-corrected chi connectivity index (χ3v) is 6.10. The van der Waals surface area contributed by atoms with Crippen molar-refractivity contribution in [1.29, 1.82) is 0 Å². The van der Waals surface area contributed by atoms with Gasteiger partial charge in [-0.2, -0.15) is 0 Å². The number of rotatable bonds is 14. The van der Waals surface area contributed by atoms with Gasteiger partial charge in [-0.15, -0.1) is 0 Å². The van der Waals surface area contributed by atoms with Crippen LogP contribution in [0, 0.1) is 39.9 Å². The Kier molecular flexibility index (Phi) is 24.7. The summed E-state index contributed by atoms with van der Waals surface area (Å²) in [4.78, 5) is 50.9.